The van der Waals surface area contributed by atoms with Gasteiger partial charge in [0.15, 0.2) is 0 Å². The van der Waals surface area contributed by atoms with Gasteiger partial charge in [-0.2, -0.15) is 0 Å². The molecule has 1 aliphatic rings. The number of ether oxygens (including phenoxy) is 1. The molecular weight excluding hydrogens is 200 g/mol. The molecule has 0 unspecified atom stereocenters. The SMILES string of the molecule is Cc1ccc(OCCCN2CCCC2)cn1. The van der Waals surface area contributed by atoms with Crippen molar-refractivity contribution in [2.45, 2.75) is 26.2 Å². The summed E-state index contributed by atoms with van der Waals surface area (Å²) < 4.78 is 5.63. The second kappa shape index (κ2) is 5.85. The van der Waals surface area contributed by atoms with Crippen molar-refractivity contribution in [1.82, 2.24) is 9.88 Å². The minimum atomic E-state index is 0.793. The fraction of sp³-hybridized carbons (Fsp3) is 0.615. The summed E-state index contributed by atoms with van der Waals surface area (Å²) in [4.78, 5) is 6.71. The van der Waals surface area contributed by atoms with Crippen LogP contribution in [-0.2, 0) is 0 Å². The predicted octanol–water partition coefficient (Wildman–Crippen LogP) is 2.25. The average Bonchev–Trinajstić information content (AvgIpc) is 2.80. The van der Waals surface area contributed by atoms with Crippen molar-refractivity contribution in [3.05, 3.63) is 24.0 Å². The van der Waals surface area contributed by atoms with E-state index in [0.29, 0.717) is 0 Å². The lowest BCUT2D eigenvalue weighted by Gasteiger charge is -2.14. The Kier molecular flexibility index (Phi) is 4.17. The van der Waals surface area contributed by atoms with Crippen molar-refractivity contribution in [2.24, 2.45) is 0 Å². The molecule has 1 aromatic heterocycles. The summed E-state index contributed by atoms with van der Waals surface area (Å²) in [5.41, 5.74) is 1.03. The summed E-state index contributed by atoms with van der Waals surface area (Å²) in [6, 6.07) is 3.97. The van der Waals surface area contributed by atoms with Crippen molar-refractivity contribution in [1.29, 1.82) is 0 Å². The van der Waals surface area contributed by atoms with Crippen LogP contribution in [0.3, 0.4) is 0 Å². The Balaban J connectivity index is 1.62. The zero-order chi connectivity index (χ0) is 11.2. The fourth-order valence-corrected chi connectivity index (χ4v) is 2.02. The molecule has 3 nitrogen and oxygen atoms in total. The van der Waals surface area contributed by atoms with Crippen LogP contribution < -0.4 is 4.74 Å². The van der Waals surface area contributed by atoms with Crippen molar-refractivity contribution >= 4 is 0 Å². The molecule has 2 heterocycles. The first kappa shape index (κ1) is 11.4. The smallest absolute Gasteiger partial charge is 0.137 e. The van der Waals surface area contributed by atoms with E-state index >= 15 is 0 Å². The minimum Gasteiger partial charge on any atom is -0.492 e. The molecule has 0 aliphatic carbocycles. The van der Waals surface area contributed by atoms with E-state index in [2.05, 4.69) is 9.88 Å². The highest BCUT2D eigenvalue weighted by molar-refractivity contribution is 5.18. The largest absolute Gasteiger partial charge is 0.492 e. The summed E-state index contributed by atoms with van der Waals surface area (Å²) in [6.07, 6.45) is 5.63. The number of nitrogens with zero attached hydrogens (tertiary/aromatic N) is 2. The van der Waals surface area contributed by atoms with E-state index in [1.165, 1.54) is 32.5 Å². The Bertz CT molecular complexity index is 304. The van der Waals surface area contributed by atoms with Gasteiger partial charge >= 0.3 is 0 Å². The third-order valence-electron chi connectivity index (χ3n) is 2.97. The Morgan fingerprint density at radius 1 is 1.31 bits per heavy atom. The first-order valence-corrected chi connectivity index (χ1v) is 6.12. The first-order valence-electron chi connectivity index (χ1n) is 6.12. The second-order valence-electron chi connectivity index (χ2n) is 4.39. The van der Waals surface area contributed by atoms with E-state index < -0.39 is 0 Å². The Labute approximate surface area is 97.4 Å². The van der Waals surface area contributed by atoms with E-state index in [1.807, 2.05) is 19.1 Å². The van der Waals surface area contributed by atoms with Crippen LogP contribution >= 0.6 is 0 Å². The van der Waals surface area contributed by atoms with Crippen molar-refractivity contribution < 1.29 is 4.74 Å². The first-order chi connectivity index (χ1) is 7.84. The van der Waals surface area contributed by atoms with Gasteiger partial charge in [0.2, 0.25) is 0 Å². The normalized spacial score (nSPS) is 16.6. The zero-order valence-corrected chi connectivity index (χ0v) is 9.98. The summed E-state index contributed by atoms with van der Waals surface area (Å²) in [5, 5.41) is 0. The maximum atomic E-state index is 5.63. The Hall–Kier alpha value is -1.09. The number of pyridine rings is 1. The van der Waals surface area contributed by atoms with Gasteiger partial charge in [-0.05, 0) is 51.4 Å². The maximum absolute atomic E-state index is 5.63. The van der Waals surface area contributed by atoms with Crippen LogP contribution in [0.25, 0.3) is 0 Å². The lowest BCUT2D eigenvalue weighted by Crippen LogP contribution is -2.21. The van der Waals surface area contributed by atoms with Crippen LogP contribution in [0.5, 0.6) is 5.75 Å². The number of aryl methyl sites for hydroxylation is 1. The molecule has 0 saturated carbocycles. The average molecular weight is 220 g/mol. The van der Waals surface area contributed by atoms with E-state index in [4.69, 9.17) is 4.74 Å². The van der Waals surface area contributed by atoms with Crippen LogP contribution in [-0.4, -0.2) is 36.1 Å². The zero-order valence-electron chi connectivity index (χ0n) is 9.98. The van der Waals surface area contributed by atoms with E-state index in [0.717, 1.165) is 24.5 Å². The Morgan fingerprint density at radius 3 is 2.81 bits per heavy atom. The number of aromatic nitrogens is 1. The van der Waals surface area contributed by atoms with Gasteiger partial charge in [-0.25, -0.2) is 0 Å². The molecule has 2 rings (SSSR count). The number of rotatable bonds is 5. The highest BCUT2D eigenvalue weighted by Crippen LogP contribution is 2.10. The molecule has 1 aromatic rings. The maximum Gasteiger partial charge on any atom is 0.137 e. The van der Waals surface area contributed by atoms with Crippen molar-refractivity contribution in [2.75, 3.05) is 26.2 Å². The van der Waals surface area contributed by atoms with Crippen molar-refractivity contribution in [3.8, 4) is 5.75 Å². The Morgan fingerprint density at radius 2 is 2.12 bits per heavy atom. The van der Waals surface area contributed by atoms with E-state index in [-0.39, 0.29) is 0 Å². The van der Waals surface area contributed by atoms with Crippen LogP contribution in [0, 0.1) is 6.92 Å². The molecule has 0 atom stereocenters. The molecule has 16 heavy (non-hydrogen) atoms. The minimum absolute atomic E-state index is 0.793. The molecule has 0 amide bonds. The molecule has 1 fully saturated rings. The van der Waals surface area contributed by atoms with Crippen LogP contribution in [0.2, 0.25) is 0 Å². The highest BCUT2D eigenvalue weighted by atomic mass is 16.5. The predicted molar refractivity (Wildman–Crippen MR) is 64.8 cm³/mol. The fourth-order valence-electron chi connectivity index (χ4n) is 2.02. The standard InChI is InChI=1S/C13H20N2O/c1-12-5-6-13(11-14-12)16-10-4-9-15-7-2-3-8-15/h5-6,11H,2-4,7-10H2,1H3. The van der Waals surface area contributed by atoms with E-state index in [9.17, 15) is 0 Å². The molecule has 0 aromatic carbocycles. The molecule has 0 radical (unpaired) electrons. The van der Waals surface area contributed by atoms with Gasteiger partial charge in [-0.15, -0.1) is 0 Å². The van der Waals surface area contributed by atoms with Gasteiger partial charge in [0, 0.05) is 12.2 Å². The molecule has 0 spiro atoms. The third kappa shape index (κ3) is 3.49. The van der Waals surface area contributed by atoms with Gasteiger partial charge in [0.25, 0.3) is 0 Å². The molecule has 88 valence electrons. The second-order valence-corrected chi connectivity index (χ2v) is 4.39. The van der Waals surface area contributed by atoms with Gasteiger partial charge in [0.05, 0.1) is 12.8 Å². The van der Waals surface area contributed by atoms with Gasteiger partial charge in [-0.1, -0.05) is 0 Å². The summed E-state index contributed by atoms with van der Waals surface area (Å²) in [7, 11) is 0. The molecule has 3 heteroatoms. The lowest BCUT2D eigenvalue weighted by molar-refractivity contribution is 0.262. The van der Waals surface area contributed by atoms with Gasteiger partial charge in [-0.3, -0.25) is 4.98 Å². The van der Waals surface area contributed by atoms with Gasteiger partial charge in [0.1, 0.15) is 5.75 Å². The number of hydrogen-bond donors (Lipinski definition) is 0. The molecular formula is C13H20N2O. The molecule has 1 aliphatic heterocycles. The summed E-state index contributed by atoms with van der Waals surface area (Å²) in [5.74, 6) is 0.882. The van der Waals surface area contributed by atoms with E-state index in [1.54, 1.807) is 6.20 Å². The van der Waals surface area contributed by atoms with Gasteiger partial charge < -0.3 is 9.64 Å². The van der Waals surface area contributed by atoms with Crippen molar-refractivity contribution in [3.63, 3.8) is 0 Å². The van der Waals surface area contributed by atoms with Crippen LogP contribution in [0.15, 0.2) is 18.3 Å². The van der Waals surface area contributed by atoms with Crippen LogP contribution in [0.4, 0.5) is 0 Å². The monoisotopic (exact) mass is 220 g/mol. The number of likely N-dealkylation sites (tertiary alicyclic amines) is 1. The summed E-state index contributed by atoms with van der Waals surface area (Å²) >= 11 is 0. The quantitative estimate of drug-likeness (QED) is 0.712. The topological polar surface area (TPSA) is 25.4 Å². The number of hydrogen-bond acceptors (Lipinski definition) is 3. The molecule has 0 bridgehead atoms. The lowest BCUT2D eigenvalue weighted by atomic mass is 10.3. The van der Waals surface area contributed by atoms with Crippen LogP contribution in [0.1, 0.15) is 25.0 Å². The molecule has 0 N–H and O–H groups in total. The molecule has 1 saturated heterocycles. The highest BCUT2D eigenvalue weighted by Gasteiger charge is 2.10. The third-order valence-corrected chi connectivity index (χ3v) is 2.97. The summed E-state index contributed by atoms with van der Waals surface area (Å²) in [6.45, 7) is 6.48.